The van der Waals surface area contributed by atoms with Crippen LogP contribution in [0.25, 0.3) is 0 Å². The molecular weight excluding hydrogens is 345 g/mol. The number of halogens is 2. The number of nitro groups is 1. The highest BCUT2D eigenvalue weighted by atomic mass is 79.9. The Labute approximate surface area is 128 Å². The van der Waals surface area contributed by atoms with E-state index in [-0.39, 0.29) is 18.9 Å². The van der Waals surface area contributed by atoms with E-state index in [9.17, 15) is 19.6 Å². The van der Waals surface area contributed by atoms with Gasteiger partial charge in [-0.25, -0.2) is 4.39 Å². The van der Waals surface area contributed by atoms with Gasteiger partial charge in [-0.3, -0.25) is 10.1 Å². The summed E-state index contributed by atoms with van der Waals surface area (Å²) in [6, 6.07) is 8.31. The van der Waals surface area contributed by atoms with Crippen LogP contribution in [-0.4, -0.2) is 10.0 Å². The molecule has 110 valence electrons. The number of aliphatic hydroxyl groups is 1. The monoisotopic (exact) mass is 355 g/mol. The van der Waals surface area contributed by atoms with Crippen LogP contribution < -0.4 is 4.74 Å². The molecular formula is C14H11BrFNO4. The molecule has 0 aliphatic heterocycles. The zero-order chi connectivity index (χ0) is 15.4. The molecule has 7 heteroatoms. The molecule has 0 amide bonds. The summed E-state index contributed by atoms with van der Waals surface area (Å²) in [5.41, 5.74) is 0.781. The van der Waals surface area contributed by atoms with Gasteiger partial charge in [-0.15, -0.1) is 0 Å². The Bertz CT molecular complexity index is 658. The number of non-ortho nitro benzene ring substituents is 1. The summed E-state index contributed by atoms with van der Waals surface area (Å²) < 4.78 is 19.3. The average Bonchev–Trinajstić information content (AvgIpc) is 2.43. The fourth-order valence-corrected chi connectivity index (χ4v) is 2.31. The maximum absolute atomic E-state index is 13.2. The molecule has 1 N–H and O–H groups in total. The molecule has 0 fully saturated rings. The predicted octanol–water partition coefficient (Wildman–Crippen LogP) is 3.57. The van der Waals surface area contributed by atoms with Crippen LogP contribution in [0.15, 0.2) is 40.9 Å². The molecule has 0 spiro atoms. The Kier molecular flexibility index (Phi) is 4.87. The number of hydrogen-bond acceptors (Lipinski definition) is 4. The van der Waals surface area contributed by atoms with Crippen LogP contribution in [0.1, 0.15) is 11.1 Å². The highest BCUT2D eigenvalue weighted by Crippen LogP contribution is 2.25. The third kappa shape index (κ3) is 3.99. The minimum Gasteiger partial charge on any atom is -0.489 e. The quantitative estimate of drug-likeness (QED) is 0.657. The SMILES string of the molecule is O=[N+]([O-])c1ccc(OCc2cc(F)cc(Br)c2)c(CO)c1. The summed E-state index contributed by atoms with van der Waals surface area (Å²) in [6.07, 6.45) is 0. The van der Waals surface area contributed by atoms with Gasteiger partial charge < -0.3 is 9.84 Å². The smallest absolute Gasteiger partial charge is 0.270 e. The normalized spacial score (nSPS) is 10.4. The minimum atomic E-state index is -0.549. The fraction of sp³-hybridized carbons (Fsp3) is 0.143. The summed E-state index contributed by atoms with van der Waals surface area (Å²) >= 11 is 3.18. The van der Waals surface area contributed by atoms with Gasteiger partial charge in [0.25, 0.3) is 5.69 Å². The highest BCUT2D eigenvalue weighted by molar-refractivity contribution is 9.10. The second kappa shape index (κ2) is 6.64. The zero-order valence-corrected chi connectivity index (χ0v) is 12.3. The number of aliphatic hydroxyl groups excluding tert-OH is 1. The third-order valence-corrected chi connectivity index (χ3v) is 3.20. The largest absolute Gasteiger partial charge is 0.489 e. The van der Waals surface area contributed by atoms with Crippen LogP contribution in [0, 0.1) is 15.9 Å². The van der Waals surface area contributed by atoms with Crippen LogP contribution in [0.4, 0.5) is 10.1 Å². The summed E-state index contributed by atoms with van der Waals surface area (Å²) in [5, 5.41) is 19.9. The first-order valence-corrected chi connectivity index (χ1v) is 6.75. The van der Waals surface area contributed by atoms with Crippen molar-refractivity contribution in [1.29, 1.82) is 0 Å². The van der Waals surface area contributed by atoms with E-state index in [1.165, 1.54) is 30.3 Å². The fourth-order valence-electron chi connectivity index (χ4n) is 1.80. The number of nitrogens with zero attached hydrogens (tertiary/aromatic N) is 1. The summed E-state index contributed by atoms with van der Waals surface area (Å²) in [7, 11) is 0. The Balaban J connectivity index is 2.17. The molecule has 2 rings (SSSR count). The van der Waals surface area contributed by atoms with Gasteiger partial charge in [0.2, 0.25) is 0 Å². The van der Waals surface area contributed by atoms with Gasteiger partial charge in [0.05, 0.1) is 11.5 Å². The Hall–Kier alpha value is -1.99. The summed E-state index contributed by atoms with van der Waals surface area (Å²) in [5.74, 6) is -0.0717. The maximum Gasteiger partial charge on any atom is 0.270 e. The predicted molar refractivity (Wildman–Crippen MR) is 77.5 cm³/mol. The van der Waals surface area contributed by atoms with Gasteiger partial charge in [-0.2, -0.15) is 0 Å². The average molecular weight is 356 g/mol. The molecule has 0 aromatic heterocycles. The molecule has 0 saturated carbocycles. The molecule has 0 heterocycles. The minimum absolute atomic E-state index is 0.0845. The lowest BCUT2D eigenvalue weighted by atomic mass is 10.2. The molecule has 2 aromatic rings. The third-order valence-electron chi connectivity index (χ3n) is 2.74. The van der Waals surface area contributed by atoms with Crippen molar-refractivity contribution in [2.24, 2.45) is 0 Å². The van der Waals surface area contributed by atoms with Crippen molar-refractivity contribution in [2.75, 3.05) is 0 Å². The van der Waals surface area contributed by atoms with Crippen molar-refractivity contribution in [2.45, 2.75) is 13.2 Å². The molecule has 0 radical (unpaired) electrons. The molecule has 0 unspecified atom stereocenters. The number of benzene rings is 2. The molecule has 0 aliphatic carbocycles. The van der Waals surface area contributed by atoms with Crippen molar-refractivity contribution in [3.63, 3.8) is 0 Å². The molecule has 0 saturated heterocycles. The van der Waals surface area contributed by atoms with E-state index in [0.717, 1.165) is 0 Å². The lowest BCUT2D eigenvalue weighted by Crippen LogP contribution is -2.00. The first-order valence-electron chi connectivity index (χ1n) is 5.95. The van der Waals surface area contributed by atoms with Crippen molar-refractivity contribution in [1.82, 2.24) is 0 Å². The lowest BCUT2D eigenvalue weighted by molar-refractivity contribution is -0.385. The molecule has 2 aromatic carbocycles. The maximum atomic E-state index is 13.2. The zero-order valence-electron chi connectivity index (χ0n) is 10.8. The van der Waals surface area contributed by atoms with E-state index in [1.54, 1.807) is 6.07 Å². The van der Waals surface area contributed by atoms with Gasteiger partial charge in [0.1, 0.15) is 18.2 Å². The van der Waals surface area contributed by atoms with Gasteiger partial charge in [-0.05, 0) is 29.8 Å². The van der Waals surface area contributed by atoms with Crippen molar-refractivity contribution < 1.29 is 19.2 Å². The van der Waals surface area contributed by atoms with E-state index in [0.29, 0.717) is 21.3 Å². The van der Waals surface area contributed by atoms with Crippen molar-refractivity contribution in [3.8, 4) is 5.75 Å². The first kappa shape index (κ1) is 15.4. The number of ether oxygens (including phenoxy) is 1. The molecule has 5 nitrogen and oxygen atoms in total. The second-order valence-corrected chi connectivity index (χ2v) is 5.19. The topological polar surface area (TPSA) is 72.6 Å². The van der Waals surface area contributed by atoms with E-state index < -0.39 is 10.7 Å². The Morgan fingerprint density at radius 3 is 2.67 bits per heavy atom. The van der Waals surface area contributed by atoms with Crippen LogP contribution >= 0.6 is 15.9 Å². The van der Waals surface area contributed by atoms with E-state index in [2.05, 4.69) is 15.9 Å². The highest BCUT2D eigenvalue weighted by Gasteiger charge is 2.11. The first-order chi connectivity index (χ1) is 9.99. The van der Waals surface area contributed by atoms with Gasteiger partial charge in [0.15, 0.2) is 0 Å². The standard InChI is InChI=1S/C14H11BrFNO4/c15-11-3-9(4-12(16)6-11)8-21-14-2-1-13(17(19)20)5-10(14)7-18/h1-6,18H,7-8H2. The Morgan fingerprint density at radius 2 is 2.05 bits per heavy atom. The lowest BCUT2D eigenvalue weighted by Gasteiger charge is -2.10. The number of nitro benzene ring substituents is 1. The summed E-state index contributed by atoms with van der Waals surface area (Å²) in [6.45, 7) is -0.301. The van der Waals surface area contributed by atoms with E-state index >= 15 is 0 Å². The van der Waals surface area contributed by atoms with Crippen LogP contribution in [-0.2, 0) is 13.2 Å². The van der Waals surface area contributed by atoms with Gasteiger partial charge in [0, 0.05) is 22.2 Å². The van der Waals surface area contributed by atoms with Gasteiger partial charge in [-0.1, -0.05) is 15.9 Å². The van der Waals surface area contributed by atoms with E-state index in [1.807, 2.05) is 0 Å². The van der Waals surface area contributed by atoms with Crippen LogP contribution in [0.2, 0.25) is 0 Å². The van der Waals surface area contributed by atoms with Gasteiger partial charge >= 0.3 is 0 Å². The summed E-state index contributed by atoms with van der Waals surface area (Å²) in [4.78, 5) is 10.1. The Morgan fingerprint density at radius 1 is 1.29 bits per heavy atom. The van der Waals surface area contributed by atoms with Crippen LogP contribution in [0.5, 0.6) is 5.75 Å². The molecule has 0 aliphatic rings. The number of hydrogen-bond donors (Lipinski definition) is 1. The molecule has 0 atom stereocenters. The molecule has 21 heavy (non-hydrogen) atoms. The molecule has 0 bridgehead atoms. The number of rotatable bonds is 5. The van der Waals surface area contributed by atoms with E-state index in [4.69, 9.17) is 4.74 Å². The second-order valence-electron chi connectivity index (χ2n) is 4.27. The van der Waals surface area contributed by atoms with Crippen molar-refractivity contribution in [3.05, 3.63) is 67.9 Å². The van der Waals surface area contributed by atoms with Crippen LogP contribution in [0.3, 0.4) is 0 Å². The van der Waals surface area contributed by atoms with Crippen molar-refractivity contribution >= 4 is 21.6 Å².